The molecule has 0 fully saturated rings. The van der Waals surface area contributed by atoms with Crippen molar-refractivity contribution in [2.75, 3.05) is 6.54 Å². The van der Waals surface area contributed by atoms with Crippen LogP contribution in [0.3, 0.4) is 0 Å². The SMILES string of the molecule is CCCNC(c1ccc(C)c(F)c1)c1cc(Br)c(Cl)s1. The maximum absolute atomic E-state index is 13.8. The molecule has 0 aliphatic heterocycles. The Balaban J connectivity index is 2.38. The number of thiophene rings is 1. The van der Waals surface area contributed by atoms with E-state index in [-0.39, 0.29) is 11.9 Å². The van der Waals surface area contributed by atoms with E-state index in [4.69, 9.17) is 11.6 Å². The first-order valence-electron chi connectivity index (χ1n) is 6.47. The number of halogens is 3. The van der Waals surface area contributed by atoms with Gasteiger partial charge in [0.05, 0.1) is 6.04 Å². The molecule has 108 valence electrons. The van der Waals surface area contributed by atoms with Gasteiger partial charge in [-0.2, -0.15) is 0 Å². The second-order valence-corrected chi connectivity index (χ2v) is 7.21. The Bertz CT molecular complexity index is 580. The first-order valence-corrected chi connectivity index (χ1v) is 8.45. The lowest BCUT2D eigenvalue weighted by atomic mass is 10.0. The zero-order valence-electron chi connectivity index (χ0n) is 11.3. The van der Waals surface area contributed by atoms with E-state index in [0.29, 0.717) is 5.56 Å². The lowest BCUT2D eigenvalue weighted by molar-refractivity contribution is 0.587. The first kappa shape index (κ1) is 16.0. The molecule has 1 aromatic carbocycles. The van der Waals surface area contributed by atoms with Crippen LogP contribution in [0.25, 0.3) is 0 Å². The van der Waals surface area contributed by atoms with Crippen LogP contribution in [0.5, 0.6) is 0 Å². The van der Waals surface area contributed by atoms with Crippen LogP contribution in [0, 0.1) is 12.7 Å². The molecule has 1 heterocycles. The molecule has 0 spiro atoms. The summed E-state index contributed by atoms with van der Waals surface area (Å²) in [5.74, 6) is -0.174. The number of hydrogen-bond donors (Lipinski definition) is 1. The molecule has 0 radical (unpaired) electrons. The van der Waals surface area contributed by atoms with Crippen LogP contribution in [0.1, 0.15) is 35.4 Å². The predicted octanol–water partition coefficient (Wildman–Crippen LogP) is 5.70. The van der Waals surface area contributed by atoms with Gasteiger partial charge in [-0.1, -0.05) is 30.7 Å². The summed E-state index contributed by atoms with van der Waals surface area (Å²) in [4.78, 5) is 1.08. The second-order valence-electron chi connectivity index (χ2n) is 4.67. The molecule has 0 amide bonds. The van der Waals surface area contributed by atoms with Gasteiger partial charge in [0.25, 0.3) is 0 Å². The first-order chi connectivity index (χ1) is 9.52. The molecule has 0 aliphatic rings. The van der Waals surface area contributed by atoms with Crippen LogP contribution < -0.4 is 5.32 Å². The fourth-order valence-corrected chi connectivity index (χ4v) is 3.81. The Hall–Kier alpha value is -0.420. The molecule has 2 aromatic rings. The highest BCUT2D eigenvalue weighted by Crippen LogP contribution is 2.37. The van der Waals surface area contributed by atoms with E-state index in [1.165, 1.54) is 11.3 Å². The Kier molecular flexibility index (Phi) is 5.61. The predicted molar refractivity (Wildman–Crippen MR) is 88.3 cm³/mol. The molecule has 1 N–H and O–H groups in total. The van der Waals surface area contributed by atoms with E-state index in [9.17, 15) is 4.39 Å². The van der Waals surface area contributed by atoms with Crippen molar-refractivity contribution < 1.29 is 4.39 Å². The number of rotatable bonds is 5. The fraction of sp³-hybridized carbons (Fsp3) is 0.333. The van der Waals surface area contributed by atoms with E-state index >= 15 is 0 Å². The van der Waals surface area contributed by atoms with Crippen molar-refractivity contribution in [2.45, 2.75) is 26.3 Å². The molecule has 0 saturated heterocycles. The van der Waals surface area contributed by atoms with Gasteiger partial charge in [-0.05, 0) is 59.1 Å². The van der Waals surface area contributed by atoms with Gasteiger partial charge >= 0.3 is 0 Å². The maximum Gasteiger partial charge on any atom is 0.126 e. The van der Waals surface area contributed by atoms with Crippen LogP contribution in [-0.2, 0) is 0 Å². The summed E-state index contributed by atoms with van der Waals surface area (Å²) >= 11 is 11.1. The van der Waals surface area contributed by atoms with E-state index in [1.807, 2.05) is 18.2 Å². The fourth-order valence-electron chi connectivity index (χ4n) is 1.97. The van der Waals surface area contributed by atoms with E-state index in [0.717, 1.165) is 32.2 Å². The van der Waals surface area contributed by atoms with Crippen molar-refractivity contribution >= 4 is 38.9 Å². The van der Waals surface area contributed by atoms with Gasteiger partial charge in [0, 0.05) is 9.35 Å². The molecule has 1 atom stereocenters. The van der Waals surface area contributed by atoms with Gasteiger partial charge in [-0.25, -0.2) is 4.39 Å². The van der Waals surface area contributed by atoms with Gasteiger partial charge in [0.15, 0.2) is 0 Å². The zero-order chi connectivity index (χ0) is 14.7. The molecule has 0 bridgehead atoms. The van der Waals surface area contributed by atoms with Gasteiger partial charge in [0.2, 0.25) is 0 Å². The van der Waals surface area contributed by atoms with Crippen molar-refractivity contribution in [3.63, 3.8) is 0 Å². The molecule has 5 heteroatoms. The smallest absolute Gasteiger partial charge is 0.126 e. The zero-order valence-corrected chi connectivity index (χ0v) is 14.5. The molecular formula is C15H16BrClFNS. The summed E-state index contributed by atoms with van der Waals surface area (Å²) in [5, 5.41) is 3.45. The minimum atomic E-state index is -0.174. The van der Waals surface area contributed by atoms with Gasteiger partial charge in [-0.15, -0.1) is 11.3 Å². The van der Waals surface area contributed by atoms with Gasteiger partial charge in [-0.3, -0.25) is 0 Å². The minimum absolute atomic E-state index is 0.0288. The van der Waals surface area contributed by atoms with Crippen molar-refractivity contribution in [2.24, 2.45) is 0 Å². The quantitative estimate of drug-likeness (QED) is 0.705. The largest absolute Gasteiger partial charge is 0.306 e. The monoisotopic (exact) mass is 375 g/mol. The van der Waals surface area contributed by atoms with Gasteiger partial charge < -0.3 is 5.32 Å². The Morgan fingerprint density at radius 1 is 1.40 bits per heavy atom. The van der Waals surface area contributed by atoms with E-state index < -0.39 is 0 Å². The third-order valence-corrected chi connectivity index (χ3v) is 5.62. The van der Waals surface area contributed by atoms with E-state index in [1.54, 1.807) is 13.0 Å². The highest BCUT2D eigenvalue weighted by Gasteiger charge is 2.18. The van der Waals surface area contributed by atoms with Crippen LogP contribution in [0.4, 0.5) is 4.39 Å². The molecular weight excluding hydrogens is 361 g/mol. The average molecular weight is 377 g/mol. The Labute approximate surface area is 136 Å². The lowest BCUT2D eigenvalue weighted by Crippen LogP contribution is -2.22. The maximum atomic E-state index is 13.8. The Morgan fingerprint density at radius 3 is 2.70 bits per heavy atom. The van der Waals surface area contributed by atoms with Crippen LogP contribution in [-0.4, -0.2) is 6.54 Å². The number of benzene rings is 1. The summed E-state index contributed by atoms with van der Waals surface area (Å²) in [6, 6.07) is 7.35. The highest BCUT2D eigenvalue weighted by molar-refractivity contribution is 9.10. The topological polar surface area (TPSA) is 12.0 Å². The molecule has 1 unspecified atom stereocenters. The summed E-state index contributed by atoms with van der Waals surface area (Å²) < 4.78 is 15.4. The third-order valence-electron chi connectivity index (χ3n) is 3.08. The standard InChI is InChI=1S/C15H16BrClFNS/c1-3-6-19-14(13-8-11(16)15(17)20-13)10-5-4-9(2)12(18)7-10/h4-5,7-8,14,19H,3,6H2,1-2H3. The number of hydrogen-bond acceptors (Lipinski definition) is 2. The normalized spacial score (nSPS) is 12.7. The summed E-state index contributed by atoms with van der Waals surface area (Å²) in [7, 11) is 0. The van der Waals surface area contributed by atoms with Gasteiger partial charge in [0.1, 0.15) is 10.2 Å². The minimum Gasteiger partial charge on any atom is -0.306 e. The summed E-state index contributed by atoms with van der Waals surface area (Å²) in [5.41, 5.74) is 1.58. The summed E-state index contributed by atoms with van der Waals surface area (Å²) in [6.45, 7) is 4.75. The van der Waals surface area contributed by atoms with Crippen LogP contribution in [0.15, 0.2) is 28.7 Å². The van der Waals surface area contributed by atoms with Crippen LogP contribution in [0.2, 0.25) is 4.34 Å². The average Bonchev–Trinajstić information content (AvgIpc) is 2.74. The third kappa shape index (κ3) is 3.61. The van der Waals surface area contributed by atoms with E-state index in [2.05, 4.69) is 28.2 Å². The molecule has 0 aliphatic carbocycles. The Morgan fingerprint density at radius 2 is 2.15 bits per heavy atom. The summed E-state index contributed by atoms with van der Waals surface area (Å²) in [6.07, 6.45) is 1.02. The van der Waals surface area contributed by atoms with Crippen molar-refractivity contribution in [1.29, 1.82) is 0 Å². The van der Waals surface area contributed by atoms with Crippen LogP contribution >= 0.6 is 38.9 Å². The molecule has 2 rings (SSSR count). The lowest BCUT2D eigenvalue weighted by Gasteiger charge is -2.18. The number of nitrogens with one attached hydrogen (secondary N) is 1. The highest BCUT2D eigenvalue weighted by atomic mass is 79.9. The van der Waals surface area contributed by atoms with Crippen molar-refractivity contribution in [1.82, 2.24) is 5.32 Å². The van der Waals surface area contributed by atoms with Crippen molar-refractivity contribution in [3.8, 4) is 0 Å². The second kappa shape index (κ2) is 7.03. The molecule has 1 nitrogen and oxygen atoms in total. The molecule has 0 saturated carbocycles. The molecule has 1 aromatic heterocycles. The number of aryl methyl sites for hydroxylation is 1. The van der Waals surface area contributed by atoms with Crippen molar-refractivity contribution in [3.05, 3.63) is 54.9 Å². The molecule has 20 heavy (non-hydrogen) atoms.